The Morgan fingerprint density at radius 3 is 2.35 bits per heavy atom. The number of carboxylic acid groups (broad SMARTS) is 1. The van der Waals surface area contributed by atoms with Gasteiger partial charge in [0.2, 0.25) is 0 Å². The standard InChI is InChI=1S/C12H22N4O3.K/c1-2-13-5-6-14-7-8-15-9-10-16-11(17)3-4-12(18)19;/h2-4,13-15H,1,5-10H2,(H,16,17)(H,18,19);/q;+1/p-1/b4-3+;. The molecule has 108 valence electrons. The molecule has 0 fully saturated rings. The van der Waals surface area contributed by atoms with E-state index in [1.807, 2.05) is 0 Å². The molecule has 0 saturated heterocycles. The largest absolute Gasteiger partial charge is 1.00 e. The van der Waals surface area contributed by atoms with Crippen LogP contribution < -0.4 is 72.4 Å². The molecule has 0 unspecified atom stereocenters. The smallest absolute Gasteiger partial charge is 0.859 e. The van der Waals surface area contributed by atoms with Crippen LogP contribution in [0.15, 0.2) is 29.9 Å². The van der Waals surface area contributed by atoms with Crippen LogP contribution in [0.25, 0.3) is 0 Å². The molecule has 0 saturated carbocycles. The molecule has 0 aromatic carbocycles. The fourth-order valence-corrected chi connectivity index (χ4v) is 1.13. The van der Waals surface area contributed by atoms with Crippen LogP contribution >= 0.6 is 0 Å². The Kier molecular flexibility index (Phi) is 18.6. The minimum Gasteiger partial charge on any atom is -0.859 e. The van der Waals surface area contributed by atoms with Gasteiger partial charge in [0.25, 0.3) is 0 Å². The molecule has 7 nitrogen and oxygen atoms in total. The molecular weight excluding hydrogens is 287 g/mol. The summed E-state index contributed by atoms with van der Waals surface area (Å²) in [5.74, 6) is -1.68. The number of hydrogen-bond donors (Lipinski definition) is 4. The van der Waals surface area contributed by atoms with Crippen molar-refractivity contribution < 1.29 is 66.4 Å². The first-order valence-corrected chi connectivity index (χ1v) is 6.05. The number of hydrogen-bond acceptors (Lipinski definition) is 6. The molecule has 0 radical (unpaired) electrons. The Morgan fingerprint density at radius 2 is 1.75 bits per heavy atom. The van der Waals surface area contributed by atoms with Gasteiger partial charge in [-0.1, -0.05) is 6.58 Å². The maximum atomic E-state index is 11.0. The monoisotopic (exact) mass is 308 g/mol. The summed E-state index contributed by atoms with van der Waals surface area (Å²) in [6, 6.07) is 0. The Morgan fingerprint density at radius 1 is 1.15 bits per heavy atom. The van der Waals surface area contributed by atoms with Gasteiger partial charge >= 0.3 is 57.4 Å². The Hall–Kier alpha value is -0.224. The van der Waals surface area contributed by atoms with E-state index in [2.05, 4.69) is 27.5 Å². The van der Waals surface area contributed by atoms with Crippen molar-refractivity contribution in [3.8, 4) is 0 Å². The van der Waals surface area contributed by atoms with Crippen molar-refractivity contribution in [2.24, 2.45) is 4.99 Å². The molecule has 8 heteroatoms. The van der Waals surface area contributed by atoms with E-state index in [9.17, 15) is 9.90 Å². The average molecular weight is 308 g/mol. The van der Waals surface area contributed by atoms with Crippen LogP contribution in [0.2, 0.25) is 0 Å². The summed E-state index contributed by atoms with van der Waals surface area (Å²) >= 11 is 0. The second-order valence-corrected chi connectivity index (χ2v) is 3.55. The van der Waals surface area contributed by atoms with Crippen molar-refractivity contribution in [1.82, 2.24) is 16.0 Å². The van der Waals surface area contributed by atoms with Crippen molar-refractivity contribution in [2.75, 3.05) is 39.3 Å². The second-order valence-electron chi connectivity index (χ2n) is 3.55. The van der Waals surface area contributed by atoms with Crippen molar-refractivity contribution in [2.45, 2.75) is 0 Å². The minimum absolute atomic E-state index is 0. The molecule has 0 aromatic heterocycles. The van der Waals surface area contributed by atoms with Gasteiger partial charge in [0.05, 0.1) is 6.54 Å². The van der Waals surface area contributed by atoms with Crippen molar-refractivity contribution in [3.63, 3.8) is 0 Å². The van der Waals surface area contributed by atoms with Crippen molar-refractivity contribution >= 4 is 11.9 Å². The van der Waals surface area contributed by atoms with E-state index in [1.165, 1.54) is 0 Å². The fourth-order valence-electron chi connectivity index (χ4n) is 1.13. The first kappa shape index (κ1) is 22.1. The molecule has 0 aromatic rings. The van der Waals surface area contributed by atoms with Crippen LogP contribution in [0.3, 0.4) is 0 Å². The van der Waals surface area contributed by atoms with E-state index in [0.29, 0.717) is 13.1 Å². The van der Waals surface area contributed by atoms with Gasteiger partial charge in [0.15, 0.2) is 0 Å². The summed E-state index contributed by atoms with van der Waals surface area (Å²) in [6.07, 6.45) is 3.37. The summed E-state index contributed by atoms with van der Waals surface area (Å²) in [6.45, 7) is 7.76. The molecule has 0 bridgehead atoms. The summed E-state index contributed by atoms with van der Waals surface area (Å²) in [5, 5.41) is 28.6. The molecule has 0 aliphatic heterocycles. The van der Waals surface area contributed by atoms with Crippen LogP contribution in [-0.2, 0) is 4.79 Å². The summed E-state index contributed by atoms with van der Waals surface area (Å²) in [7, 11) is 0. The topological polar surface area (TPSA) is 109 Å². The number of nitrogens with zero attached hydrogens (tertiary/aromatic N) is 1. The summed E-state index contributed by atoms with van der Waals surface area (Å²) in [5.41, 5.74) is 0. The quantitative estimate of drug-likeness (QED) is 0.0948. The third-order valence-electron chi connectivity index (χ3n) is 1.99. The Balaban J connectivity index is 0. The zero-order chi connectivity index (χ0) is 14.3. The third-order valence-corrected chi connectivity index (χ3v) is 1.99. The molecule has 0 aliphatic carbocycles. The molecule has 0 atom stereocenters. The summed E-state index contributed by atoms with van der Waals surface area (Å²) in [4.78, 5) is 13.8. The SMILES string of the molecule is C=CNCCNCCNCCN=C([O-])/C=C/C(=O)O.[K+]. The minimum atomic E-state index is -1.15. The van der Waals surface area contributed by atoms with E-state index < -0.39 is 11.9 Å². The molecule has 4 N–H and O–H groups in total. The number of carboxylic acids is 1. The zero-order valence-corrected chi connectivity index (χ0v) is 15.0. The predicted octanol–water partition coefficient (Wildman–Crippen LogP) is -4.70. The van der Waals surface area contributed by atoms with E-state index in [1.54, 1.807) is 6.20 Å². The van der Waals surface area contributed by atoms with Crippen LogP contribution in [0.5, 0.6) is 0 Å². The van der Waals surface area contributed by atoms with Gasteiger partial charge in [0.1, 0.15) is 0 Å². The maximum absolute atomic E-state index is 11.0. The number of aliphatic imine (C=N–C) groups is 1. The summed E-state index contributed by atoms with van der Waals surface area (Å²) < 4.78 is 0. The van der Waals surface area contributed by atoms with Crippen LogP contribution in [0.1, 0.15) is 0 Å². The van der Waals surface area contributed by atoms with Crippen molar-refractivity contribution in [1.29, 1.82) is 0 Å². The Labute approximate surface area is 162 Å². The normalized spacial score (nSPS) is 11.1. The van der Waals surface area contributed by atoms with Gasteiger partial charge < -0.3 is 26.2 Å². The number of nitrogens with one attached hydrogen (secondary N) is 3. The van der Waals surface area contributed by atoms with Gasteiger partial charge in [-0.2, -0.15) is 0 Å². The first-order chi connectivity index (χ1) is 9.16. The van der Waals surface area contributed by atoms with Gasteiger partial charge in [-0.25, -0.2) is 4.79 Å². The van der Waals surface area contributed by atoms with Gasteiger partial charge in [-0.05, 0) is 18.2 Å². The molecule has 0 amide bonds. The number of carbonyl (C=O) groups is 1. The predicted molar refractivity (Wildman–Crippen MR) is 73.0 cm³/mol. The maximum Gasteiger partial charge on any atom is 1.00 e. The van der Waals surface area contributed by atoms with E-state index in [4.69, 9.17) is 5.11 Å². The van der Waals surface area contributed by atoms with Crippen molar-refractivity contribution in [3.05, 3.63) is 24.9 Å². The van der Waals surface area contributed by atoms with Gasteiger partial charge in [-0.15, -0.1) is 0 Å². The molecule has 0 aliphatic rings. The molecule has 0 heterocycles. The first-order valence-electron chi connectivity index (χ1n) is 6.05. The number of aliphatic carboxylic acids is 1. The van der Waals surface area contributed by atoms with Crippen LogP contribution in [0, 0.1) is 0 Å². The van der Waals surface area contributed by atoms with Crippen LogP contribution in [-0.4, -0.2) is 56.2 Å². The van der Waals surface area contributed by atoms with Crippen LogP contribution in [0.4, 0.5) is 0 Å². The molecular formula is C12H21KN4O3. The third kappa shape index (κ3) is 17.8. The van der Waals surface area contributed by atoms with E-state index in [0.717, 1.165) is 38.3 Å². The average Bonchev–Trinajstić information content (AvgIpc) is 2.38. The number of rotatable bonds is 12. The molecule has 0 spiro atoms. The molecule has 0 rings (SSSR count). The van der Waals surface area contributed by atoms with E-state index in [-0.39, 0.29) is 51.4 Å². The fraction of sp³-hybridized carbons (Fsp3) is 0.500. The van der Waals surface area contributed by atoms with Gasteiger partial charge in [-0.3, -0.25) is 4.99 Å². The second kappa shape index (κ2) is 16.8. The molecule has 20 heavy (non-hydrogen) atoms. The van der Waals surface area contributed by atoms with E-state index >= 15 is 0 Å². The van der Waals surface area contributed by atoms with Gasteiger partial charge in [0, 0.05) is 38.8 Å². The Bertz CT molecular complexity index is 322. The zero-order valence-electron chi connectivity index (χ0n) is 11.9.